The first-order chi connectivity index (χ1) is 6.84. The Morgan fingerprint density at radius 2 is 1.79 bits per heavy atom. The molecule has 1 aromatic rings. The molecule has 0 radical (unpaired) electrons. The molecule has 1 nitrogen and oxygen atoms in total. The van der Waals surface area contributed by atoms with E-state index in [1.807, 2.05) is 23.9 Å². The number of halogens is 1. The highest BCUT2D eigenvalue weighted by Gasteiger charge is 2.13. The number of thioether (sulfide) groups is 1. The summed E-state index contributed by atoms with van der Waals surface area (Å²) in [6.07, 6.45) is 2.42. The molecule has 1 aliphatic heterocycles. The summed E-state index contributed by atoms with van der Waals surface area (Å²) in [6, 6.07) is 6.79. The highest BCUT2D eigenvalue weighted by Crippen LogP contribution is 2.28. The summed E-state index contributed by atoms with van der Waals surface area (Å²) in [6.45, 7) is 2.22. The van der Waals surface area contributed by atoms with Crippen LogP contribution >= 0.6 is 11.8 Å². The van der Waals surface area contributed by atoms with Gasteiger partial charge >= 0.3 is 0 Å². The first kappa shape index (κ1) is 9.99. The Balaban J connectivity index is 1.92. The van der Waals surface area contributed by atoms with Crippen LogP contribution in [0.25, 0.3) is 0 Å². The summed E-state index contributed by atoms with van der Waals surface area (Å²) in [5, 5.41) is 4.03. The zero-order chi connectivity index (χ0) is 9.80. The van der Waals surface area contributed by atoms with E-state index < -0.39 is 0 Å². The van der Waals surface area contributed by atoms with Crippen molar-refractivity contribution >= 4 is 11.8 Å². The second-order valence-electron chi connectivity index (χ2n) is 3.52. The van der Waals surface area contributed by atoms with E-state index >= 15 is 0 Å². The molecule has 3 heteroatoms. The van der Waals surface area contributed by atoms with Crippen LogP contribution in [0.5, 0.6) is 0 Å². The van der Waals surface area contributed by atoms with Crippen LogP contribution in [0.1, 0.15) is 12.8 Å². The molecule has 0 aromatic heterocycles. The molecule has 1 aliphatic rings. The number of benzene rings is 1. The number of piperidine rings is 1. The van der Waals surface area contributed by atoms with Crippen molar-refractivity contribution in [3.63, 3.8) is 0 Å². The standard InChI is InChI=1S/C11H14FNS/c12-9-1-3-10(4-2-9)14-11-5-7-13-8-6-11/h1-4,11,13H,5-8H2. The van der Waals surface area contributed by atoms with E-state index in [-0.39, 0.29) is 5.82 Å². The first-order valence-corrected chi connectivity index (χ1v) is 5.85. The van der Waals surface area contributed by atoms with Gasteiger partial charge in [0.25, 0.3) is 0 Å². The lowest BCUT2D eigenvalue weighted by Crippen LogP contribution is -2.29. The van der Waals surface area contributed by atoms with Gasteiger partial charge in [-0.1, -0.05) is 0 Å². The number of nitrogens with one attached hydrogen (secondary N) is 1. The van der Waals surface area contributed by atoms with Crippen LogP contribution in [0.2, 0.25) is 0 Å². The Labute approximate surface area is 88.1 Å². The molecule has 1 saturated heterocycles. The second-order valence-corrected chi connectivity index (χ2v) is 4.89. The topological polar surface area (TPSA) is 12.0 Å². The van der Waals surface area contributed by atoms with E-state index in [1.54, 1.807) is 0 Å². The van der Waals surface area contributed by atoms with E-state index in [9.17, 15) is 4.39 Å². The Kier molecular flexibility index (Phi) is 3.43. The fourth-order valence-corrected chi connectivity index (χ4v) is 2.77. The van der Waals surface area contributed by atoms with Crippen molar-refractivity contribution < 1.29 is 4.39 Å². The molecular weight excluding hydrogens is 197 g/mol. The average Bonchev–Trinajstić information content (AvgIpc) is 2.23. The van der Waals surface area contributed by atoms with Gasteiger partial charge in [-0.25, -0.2) is 4.39 Å². The SMILES string of the molecule is Fc1ccc(SC2CCNCC2)cc1. The summed E-state index contributed by atoms with van der Waals surface area (Å²) in [5.41, 5.74) is 0. The highest BCUT2D eigenvalue weighted by atomic mass is 32.2. The predicted molar refractivity (Wildman–Crippen MR) is 58.1 cm³/mol. The molecule has 0 unspecified atom stereocenters. The molecule has 0 aliphatic carbocycles. The average molecular weight is 211 g/mol. The fraction of sp³-hybridized carbons (Fsp3) is 0.455. The monoisotopic (exact) mass is 211 g/mol. The minimum atomic E-state index is -0.153. The molecule has 76 valence electrons. The van der Waals surface area contributed by atoms with Gasteiger partial charge in [0.1, 0.15) is 5.82 Å². The van der Waals surface area contributed by atoms with Gasteiger partial charge in [-0.3, -0.25) is 0 Å². The maximum atomic E-state index is 12.6. The smallest absolute Gasteiger partial charge is 0.123 e. The fourth-order valence-electron chi connectivity index (χ4n) is 1.62. The minimum absolute atomic E-state index is 0.153. The molecule has 0 spiro atoms. The zero-order valence-electron chi connectivity index (χ0n) is 8.00. The largest absolute Gasteiger partial charge is 0.317 e. The Hall–Kier alpha value is -0.540. The molecule has 1 N–H and O–H groups in total. The third-order valence-electron chi connectivity index (χ3n) is 2.40. The maximum absolute atomic E-state index is 12.6. The normalized spacial score (nSPS) is 18.4. The Morgan fingerprint density at radius 1 is 1.14 bits per heavy atom. The summed E-state index contributed by atoms with van der Waals surface area (Å²) >= 11 is 1.87. The number of hydrogen-bond acceptors (Lipinski definition) is 2. The molecule has 1 fully saturated rings. The van der Waals surface area contributed by atoms with Crippen LogP contribution in [0.3, 0.4) is 0 Å². The van der Waals surface area contributed by atoms with Gasteiger partial charge in [0, 0.05) is 10.1 Å². The molecule has 0 amide bonds. The van der Waals surface area contributed by atoms with Crippen molar-refractivity contribution in [2.75, 3.05) is 13.1 Å². The maximum Gasteiger partial charge on any atom is 0.123 e. The zero-order valence-corrected chi connectivity index (χ0v) is 8.82. The van der Waals surface area contributed by atoms with Gasteiger partial charge in [-0.2, -0.15) is 0 Å². The lowest BCUT2D eigenvalue weighted by molar-refractivity contribution is 0.531. The predicted octanol–water partition coefficient (Wildman–Crippen LogP) is 2.67. The van der Waals surface area contributed by atoms with Crippen LogP contribution in [-0.4, -0.2) is 18.3 Å². The number of rotatable bonds is 2. The molecule has 1 aromatic carbocycles. The molecule has 1 heterocycles. The summed E-state index contributed by atoms with van der Waals surface area (Å²) in [4.78, 5) is 1.18. The molecule has 0 atom stereocenters. The highest BCUT2D eigenvalue weighted by molar-refractivity contribution is 8.00. The van der Waals surface area contributed by atoms with E-state index in [4.69, 9.17) is 0 Å². The summed E-state index contributed by atoms with van der Waals surface area (Å²) in [7, 11) is 0. The van der Waals surface area contributed by atoms with Crippen molar-refractivity contribution in [2.24, 2.45) is 0 Å². The summed E-state index contributed by atoms with van der Waals surface area (Å²) < 4.78 is 12.6. The summed E-state index contributed by atoms with van der Waals surface area (Å²) in [5.74, 6) is -0.153. The van der Waals surface area contributed by atoms with E-state index in [1.165, 1.54) is 29.9 Å². The van der Waals surface area contributed by atoms with E-state index in [2.05, 4.69) is 5.32 Å². The third-order valence-corrected chi connectivity index (χ3v) is 3.75. The molecule has 0 saturated carbocycles. The van der Waals surface area contributed by atoms with Gasteiger partial charge in [-0.05, 0) is 50.2 Å². The van der Waals surface area contributed by atoms with Crippen LogP contribution in [0.15, 0.2) is 29.2 Å². The molecule has 14 heavy (non-hydrogen) atoms. The number of hydrogen-bond donors (Lipinski definition) is 1. The quantitative estimate of drug-likeness (QED) is 0.807. The van der Waals surface area contributed by atoms with Crippen molar-refractivity contribution in [3.8, 4) is 0 Å². The van der Waals surface area contributed by atoms with Crippen molar-refractivity contribution in [2.45, 2.75) is 23.0 Å². The van der Waals surface area contributed by atoms with E-state index in [0.29, 0.717) is 5.25 Å². The van der Waals surface area contributed by atoms with Gasteiger partial charge in [-0.15, -0.1) is 11.8 Å². The van der Waals surface area contributed by atoms with Crippen LogP contribution in [-0.2, 0) is 0 Å². The van der Waals surface area contributed by atoms with Gasteiger partial charge in [0.2, 0.25) is 0 Å². The Morgan fingerprint density at radius 3 is 2.43 bits per heavy atom. The van der Waals surface area contributed by atoms with Crippen LogP contribution in [0.4, 0.5) is 4.39 Å². The molecular formula is C11H14FNS. The van der Waals surface area contributed by atoms with Crippen molar-refractivity contribution in [1.82, 2.24) is 5.32 Å². The Bertz CT molecular complexity index is 280. The van der Waals surface area contributed by atoms with Crippen LogP contribution < -0.4 is 5.32 Å². The van der Waals surface area contributed by atoms with Crippen molar-refractivity contribution in [1.29, 1.82) is 0 Å². The third kappa shape index (κ3) is 2.72. The van der Waals surface area contributed by atoms with Gasteiger partial charge in [0.15, 0.2) is 0 Å². The van der Waals surface area contributed by atoms with Crippen LogP contribution in [0, 0.1) is 5.82 Å². The lowest BCUT2D eigenvalue weighted by Gasteiger charge is -2.21. The van der Waals surface area contributed by atoms with E-state index in [0.717, 1.165) is 13.1 Å². The van der Waals surface area contributed by atoms with Gasteiger partial charge < -0.3 is 5.32 Å². The minimum Gasteiger partial charge on any atom is -0.317 e. The molecule has 2 rings (SSSR count). The van der Waals surface area contributed by atoms with Gasteiger partial charge in [0.05, 0.1) is 0 Å². The first-order valence-electron chi connectivity index (χ1n) is 4.97. The van der Waals surface area contributed by atoms with Crippen molar-refractivity contribution in [3.05, 3.63) is 30.1 Å². The lowest BCUT2D eigenvalue weighted by atomic mass is 10.2. The molecule has 0 bridgehead atoms. The second kappa shape index (κ2) is 4.80.